The maximum Gasteiger partial charge on any atom is 0.150 e. The van der Waals surface area contributed by atoms with Gasteiger partial charge in [-0.3, -0.25) is 4.40 Å². The highest BCUT2D eigenvalue weighted by Crippen LogP contribution is 2.45. The normalized spacial score (nSPS) is 11.2. The molecule has 0 amide bonds. The molecular formula is C23H16N2O. The highest BCUT2D eigenvalue weighted by molar-refractivity contribution is 6.04. The van der Waals surface area contributed by atoms with Gasteiger partial charge in [0.05, 0.1) is 22.3 Å². The van der Waals surface area contributed by atoms with Crippen molar-refractivity contribution in [2.45, 2.75) is 0 Å². The van der Waals surface area contributed by atoms with E-state index in [-0.39, 0.29) is 5.75 Å². The van der Waals surface area contributed by atoms with E-state index in [1.165, 1.54) is 0 Å². The summed E-state index contributed by atoms with van der Waals surface area (Å²) in [5.74, 6) is 0.286. The molecule has 0 unspecified atom stereocenters. The Balaban J connectivity index is 1.99. The molecule has 0 atom stereocenters. The molecule has 0 aliphatic heterocycles. The third-order valence-corrected chi connectivity index (χ3v) is 4.76. The Kier molecular flexibility index (Phi) is 3.25. The van der Waals surface area contributed by atoms with Gasteiger partial charge < -0.3 is 5.11 Å². The zero-order chi connectivity index (χ0) is 17.5. The van der Waals surface area contributed by atoms with Crippen LogP contribution in [0.2, 0.25) is 0 Å². The minimum Gasteiger partial charge on any atom is -0.505 e. The van der Waals surface area contributed by atoms with Crippen LogP contribution in [0.5, 0.6) is 5.75 Å². The van der Waals surface area contributed by atoms with Gasteiger partial charge in [-0.2, -0.15) is 0 Å². The molecular weight excluding hydrogens is 320 g/mol. The first kappa shape index (κ1) is 14.7. The highest BCUT2D eigenvalue weighted by atomic mass is 16.3. The minimum atomic E-state index is 0.286. The largest absolute Gasteiger partial charge is 0.505 e. The first-order chi connectivity index (χ1) is 12.8. The summed E-state index contributed by atoms with van der Waals surface area (Å²) in [4.78, 5) is 4.60. The molecule has 0 aliphatic rings. The Hall–Kier alpha value is -3.59. The van der Waals surface area contributed by atoms with Crippen molar-refractivity contribution in [2.24, 2.45) is 0 Å². The number of aromatic nitrogens is 2. The van der Waals surface area contributed by atoms with E-state index < -0.39 is 0 Å². The van der Waals surface area contributed by atoms with E-state index in [4.69, 9.17) is 0 Å². The van der Waals surface area contributed by atoms with Gasteiger partial charge in [-0.1, -0.05) is 78.9 Å². The number of benzene rings is 3. The Morgan fingerprint density at radius 1 is 0.692 bits per heavy atom. The van der Waals surface area contributed by atoms with E-state index in [1.807, 2.05) is 77.2 Å². The zero-order valence-corrected chi connectivity index (χ0v) is 14.0. The van der Waals surface area contributed by atoms with Crippen LogP contribution in [0, 0.1) is 0 Å². The average molecular weight is 336 g/mol. The van der Waals surface area contributed by atoms with E-state index >= 15 is 0 Å². The number of hydrogen-bond acceptors (Lipinski definition) is 2. The fraction of sp³-hybridized carbons (Fsp3) is 0. The summed E-state index contributed by atoms with van der Waals surface area (Å²) in [7, 11) is 0. The lowest BCUT2D eigenvalue weighted by Gasteiger charge is -2.07. The van der Waals surface area contributed by atoms with Crippen LogP contribution in [0.25, 0.3) is 38.8 Å². The molecule has 0 bridgehead atoms. The monoisotopic (exact) mass is 336 g/mol. The fourth-order valence-electron chi connectivity index (χ4n) is 3.61. The van der Waals surface area contributed by atoms with Gasteiger partial charge in [0.15, 0.2) is 0 Å². The van der Waals surface area contributed by atoms with Crippen LogP contribution in [0.1, 0.15) is 0 Å². The molecule has 1 N–H and O–H groups in total. The molecule has 0 aliphatic carbocycles. The molecule has 0 spiro atoms. The Labute approximate surface area is 150 Å². The van der Waals surface area contributed by atoms with Crippen LogP contribution in [0.4, 0.5) is 0 Å². The van der Waals surface area contributed by atoms with Crippen LogP contribution in [0.3, 0.4) is 0 Å². The van der Waals surface area contributed by atoms with Crippen molar-refractivity contribution in [3.05, 3.63) is 91.3 Å². The van der Waals surface area contributed by atoms with Crippen molar-refractivity contribution in [3.8, 4) is 28.1 Å². The Morgan fingerprint density at radius 2 is 1.31 bits per heavy atom. The number of fused-ring (bicyclic) bond motifs is 3. The Morgan fingerprint density at radius 3 is 2.04 bits per heavy atom. The maximum atomic E-state index is 11.2. The van der Waals surface area contributed by atoms with Crippen molar-refractivity contribution >= 4 is 16.4 Å². The summed E-state index contributed by atoms with van der Waals surface area (Å²) in [5, 5.41) is 12.2. The molecule has 3 heteroatoms. The number of rotatable bonds is 2. The zero-order valence-electron chi connectivity index (χ0n) is 14.0. The van der Waals surface area contributed by atoms with Crippen molar-refractivity contribution in [1.82, 2.24) is 9.38 Å². The summed E-state index contributed by atoms with van der Waals surface area (Å²) < 4.78 is 2.00. The molecule has 26 heavy (non-hydrogen) atoms. The van der Waals surface area contributed by atoms with E-state index in [1.54, 1.807) is 6.33 Å². The first-order valence-electron chi connectivity index (χ1n) is 8.56. The molecule has 0 fully saturated rings. The van der Waals surface area contributed by atoms with Gasteiger partial charge in [0, 0.05) is 5.39 Å². The van der Waals surface area contributed by atoms with Crippen molar-refractivity contribution < 1.29 is 5.11 Å². The van der Waals surface area contributed by atoms with Crippen molar-refractivity contribution in [3.63, 3.8) is 0 Å². The lowest BCUT2D eigenvalue weighted by molar-refractivity contribution is 0.484. The van der Waals surface area contributed by atoms with Crippen LogP contribution in [0.15, 0.2) is 91.3 Å². The predicted octanol–water partition coefficient (Wildman–Crippen LogP) is 5.53. The van der Waals surface area contributed by atoms with E-state index in [9.17, 15) is 5.11 Å². The molecule has 5 rings (SSSR count). The van der Waals surface area contributed by atoms with E-state index in [2.05, 4.69) is 17.1 Å². The van der Waals surface area contributed by atoms with Crippen LogP contribution in [-0.4, -0.2) is 14.5 Å². The van der Waals surface area contributed by atoms with Crippen LogP contribution in [-0.2, 0) is 0 Å². The fourth-order valence-corrected chi connectivity index (χ4v) is 3.61. The van der Waals surface area contributed by atoms with Crippen LogP contribution >= 0.6 is 0 Å². The molecule has 0 radical (unpaired) electrons. The molecule has 3 nitrogen and oxygen atoms in total. The van der Waals surface area contributed by atoms with Gasteiger partial charge in [-0.05, 0) is 17.2 Å². The van der Waals surface area contributed by atoms with Crippen LogP contribution < -0.4 is 0 Å². The summed E-state index contributed by atoms with van der Waals surface area (Å²) in [6.07, 6.45) is 1.80. The number of hydrogen-bond donors (Lipinski definition) is 1. The molecule has 3 aromatic carbocycles. The van der Waals surface area contributed by atoms with Crippen molar-refractivity contribution in [2.75, 3.05) is 0 Å². The van der Waals surface area contributed by atoms with Gasteiger partial charge in [-0.15, -0.1) is 0 Å². The first-order valence-corrected chi connectivity index (χ1v) is 8.56. The summed E-state index contributed by atoms with van der Waals surface area (Å²) in [6.45, 7) is 0. The maximum absolute atomic E-state index is 11.2. The summed E-state index contributed by atoms with van der Waals surface area (Å²) >= 11 is 0. The number of nitrogens with zero attached hydrogens (tertiary/aromatic N) is 2. The quantitative estimate of drug-likeness (QED) is 0.460. The molecule has 2 heterocycles. The standard InChI is InChI=1S/C23H16N2O/c26-23-20(16-9-3-1-4-10-16)21(17-11-5-2-6-12-17)25-15-24-19-14-8-7-13-18(19)22(23)25/h1-15,26H. The van der Waals surface area contributed by atoms with Gasteiger partial charge in [-0.25, -0.2) is 4.98 Å². The highest BCUT2D eigenvalue weighted by Gasteiger charge is 2.22. The summed E-state index contributed by atoms with van der Waals surface area (Å²) in [6, 6.07) is 28.0. The molecule has 124 valence electrons. The SMILES string of the molecule is Oc1c(-c2ccccc2)c(-c2ccccc2)n2cnc3ccccc3c12. The predicted molar refractivity (Wildman–Crippen MR) is 105 cm³/mol. The van der Waals surface area contributed by atoms with Gasteiger partial charge in [0.2, 0.25) is 0 Å². The second kappa shape index (κ2) is 5.74. The second-order valence-electron chi connectivity index (χ2n) is 6.28. The van der Waals surface area contributed by atoms with Gasteiger partial charge >= 0.3 is 0 Å². The molecule has 0 saturated carbocycles. The third-order valence-electron chi connectivity index (χ3n) is 4.76. The van der Waals surface area contributed by atoms with E-state index in [0.29, 0.717) is 0 Å². The van der Waals surface area contributed by atoms with Gasteiger partial charge in [0.1, 0.15) is 12.1 Å². The molecule has 2 aromatic heterocycles. The molecule has 5 aromatic rings. The lowest BCUT2D eigenvalue weighted by Crippen LogP contribution is -1.92. The number of para-hydroxylation sites is 1. The third kappa shape index (κ3) is 2.11. The topological polar surface area (TPSA) is 37.5 Å². The second-order valence-corrected chi connectivity index (χ2v) is 6.28. The average Bonchev–Trinajstić information content (AvgIpc) is 3.02. The summed E-state index contributed by atoms with van der Waals surface area (Å²) in [5.41, 5.74) is 5.45. The van der Waals surface area contributed by atoms with E-state index in [0.717, 1.165) is 38.8 Å². The lowest BCUT2D eigenvalue weighted by atomic mass is 10.0. The molecule has 0 saturated heterocycles. The van der Waals surface area contributed by atoms with Gasteiger partial charge in [0.25, 0.3) is 0 Å². The number of aromatic hydroxyl groups is 1. The van der Waals surface area contributed by atoms with Crippen molar-refractivity contribution in [1.29, 1.82) is 0 Å². The Bertz CT molecular complexity index is 1230. The smallest absolute Gasteiger partial charge is 0.150 e. The minimum absolute atomic E-state index is 0.286.